The van der Waals surface area contributed by atoms with Crippen molar-refractivity contribution >= 4 is 6.34 Å². The number of nitro groups is 1. The highest BCUT2D eigenvalue weighted by molar-refractivity contribution is 5.55. The SMILES string of the molecule is CCN1N=CN([N+](=O)[O-])C1CC(C)(C)C. The van der Waals surface area contributed by atoms with Crippen LogP contribution >= 0.6 is 0 Å². The minimum absolute atomic E-state index is 0.0417. The Labute approximate surface area is 89.7 Å². The zero-order valence-electron chi connectivity index (χ0n) is 9.67. The summed E-state index contributed by atoms with van der Waals surface area (Å²) in [6, 6.07) is 0. The zero-order valence-corrected chi connectivity index (χ0v) is 9.67. The van der Waals surface area contributed by atoms with Crippen LogP contribution in [0.3, 0.4) is 0 Å². The molecule has 1 aliphatic rings. The van der Waals surface area contributed by atoms with E-state index in [2.05, 4.69) is 25.9 Å². The van der Waals surface area contributed by atoms with Crippen LogP contribution in [0.4, 0.5) is 0 Å². The molecule has 0 amide bonds. The lowest BCUT2D eigenvalue weighted by atomic mass is 9.90. The van der Waals surface area contributed by atoms with Crippen LogP contribution < -0.4 is 0 Å². The molecule has 0 aromatic rings. The molecular weight excluding hydrogens is 196 g/mol. The Kier molecular flexibility index (Phi) is 3.16. The van der Waals surface area contributed by atoms with Gasteiger partial charge in [-0.05, 0) is 18.8 Å². The number of hydrogen-bond donors (Lipinski definition) is 0. The van der Waals surface area contributed by atoms with E-state index in [0.29, 0.717) is 13.0 Å². The second-order valence-corrected chi connectivity index (χ2v) is 4.85. The molecule has 86 valence electrons. The van der Waals surface area contributed by atoms with Gasteiger partial charge in [-0.15, -0.1) is 0 Å². The first-order chi connectivity index (χ1) is 6.85. The van der Waals surface area contributed by atoms with Gasteiger partial charge in [0.25, 0.3) is 0 Å². The van der Waals surface area contributed by atoms with Gasteiger partial charge in [0.15, 0.2) is 17.5 Å². The summed E-state index contributed by atoms with van der Waals surface area (Å²) in [6.07, 6.45) is 1.74. The Hall–Kier alpha value is -1.33. The minimum Gasteiger partial charge on any atom is -0.267 e. The maximum Gasteiger partial charge on any atom is 0.183 e. The fraction of sp³-hybridized carbons (Fsp3) is 0.889. The fourth-order valence-corrected chi connectivity index (χ4v) is 1.60. The molecule has 1 aliphatic heterocycles. The fourth-order valence-electron chi connectivity index (χ4n) is 1.60. The second-order valence-electron chi connectivity index (χ2n) is 4.85. The average molecular weight is 214 g/mol. The van der Waals surface area contributed by atoms with Crippen LogP contribution in [0, 0.1) is 15.5 Å². The summed E-state index contributed by atoms with van der Waals surface area (Å²) in [4.78, 5) is 10.8. The molecule has 0 saturated heterocycles. The molecule has 0 bridgehead atoms. The quantitative estimate of drug-likeness (QED) is 0.528. The molecular formula is C9H18N4O2. The third kappa shape index (κ3) is 2.81. The van der Waals surface area contributed by atoms with Gasteiger partial charge in [0.05, 0.1) is 0 Å². The maximum absolute atomic E-state index is 10.8. The second kappa shape index (κ2) is 4.04. The number of hydrogen-bond acceptors (Lipinski definition) is 4. The number of rotatable bonds is 3. The van der Waals surface area contributed by atoms with Crippen molar-refractivity contribution in [1.82, 2.24) is 10.0 Å². The maximum atomic E-state index is 10.8. The topological polar surface area (TPSA) is 62.0 Å². The summed E-state index contributed by atoms with van der Waals surface area (Å²) in [6.45, 7) is 8.82. The van der Waals surface area contributed by atoms with Crippen LogP contribution in [0.25, 0.3) is 0 Å². The molecule has 6 heteroatoms. The first-order valence-electron chi connectivity index (χ1n) is 5.08. The van der Waals surface area contributed by atoms with Crippen molar-refractivity contribution < 1.29 is 5.03 Å². The van der Waals surface area contributed by atoms with Gasteiger partial charge in [-0.3, -0.25) is 5.01 Å². The van der Waals surface area contributed by atoms with Crippen LogP contribution in [0.5, 0.6) is 0 Å². The van der Waals surface area contributed by atoms with Gasteiger partial charge < -0.3 is 0 Å². The summed E-state index contributed by atoms with van der Waals surface area (Å²) in [5.74, 6) is 0. The molecule has 0 spiro atoms. The summed E-state index contributed by atoms with van der Waals surface area (Å²) in [7, 11) is 0. The molecule has 0 saturated carbocycles. The molecule has 0 fully saturated rings. The third-order valence-electron chi connectivity index (χ3n) is 2.28. The highest BCUT2D eigenvalue weighted by Gasteiger charge is 2.37. The van der Waals surface area contributed by atoms with Crippen molar-refractivity contribution in [3.05, 3.63) is 10.1 Å². The normalized spacial score (nSPS) is 21.2. The van der Waals surface area contributed by atoms with Gasteiger partial charge in [0.1, 0.15) is 0 Å². The van der Waals surface area contributed by atoms with Crippen molar-refractivity contribution in [2.45, 2.75) is 40.3 Å². The number of hydrazine groups is 1. The predicted octanol–water partition coefficient (Wildman–Crippen LogP) is 1.52. The molecule has 1 unspecified atom stereocenters. The monoisotopic (exact) mass is 214 g/mol. The van der Waals surface area contributed by atoms with E-state index in [0.717, 1.165) is 5.01 Å². The van der Waals surface area contributed by atoms with Gasteiger partial charge in [0, 0.05) is 6.54 Å². The summed E-state index contributed by atoms with van der Waals surface area (Å²) in [5.41, 5.74) is 0.0417. The van der Waals surface area contributed by atoms with Crippen LogP contribution in [0.1, 0.15) is 34.1 Å². The van der Waals surface area contributed by atoms with E-state index >= 15 is 0 Å². The van der Waals surface area contributed by atoms with Crippen LogP contribution in [-0.4, -0.2) is 34.1 Å². The van der Waals surface area contributed by atoms with E-state index in [1.807, 2.05) is 6.92 Å². The van der Waals surface area contributed by atoms with E-state index in [4.69, 9.17) is 0 Å². The Morgan fingerprint density at radius 2 is 2.13 bits per heavy atom. The minimum atomic E-state index is -0.407. The Balaban J connectivity index is 2.76. The molecule has 1 rings (SSSR count). The highest BCUT2D eigenvalue weighted by Crippen LogP contribution is 2.27. The Morgan fingerprint density at radius 1 is 1.53 bits per heavy atom. The third-order valence-corrected chi connectivity index (χ3v) is 2.28. The van der Waals surface area contributed by atoms with E-state index in [9.17, 15) is 10.1 Å². The van der Waals surface area contributed by atoms with Crippen molar-refractivity contribution in [3.63, 3.8) is 0 Å². The van der Waals surface area contributed by atoms with Gasteiger partial charge >= 0.3 is 0 Å². The smallest absolute Gasteiger partial charge is 0.183 e. The van der Waals surface area contributed by atoms with Gasteiger partial charge in [-0.1, -0.05) is 25.8 Å². The summed E-state index contributed by atoms with van der Waals surface area (Å²) in [5, 5.41) is 17.2. The first-order valence-corrected chi connectivity index (χ1v) is 5.08. The van der Waals surface area contributed by atoms with Crippen molar-refractivity contribution in [3.8, 4) is 0 Å². The lowest BCUT2D eigenvalue weighted by Gasteiger charge is -2.29. The largest absolute Gasteiger partial charge is 0.267 e. The number of hydrazone groups is 1. The zero-order chi connectivity index (χ0) is 11.6. The average Bonchev–Trinajstić information content (AvgIpc) is 2.44. The van der Waals surface area contributed by atoms with Gasteiger partial charge in [0.2, 0.25) is 0 Å². The standard InChI is InChI=1S/C9H18N4O2/c1-5-11-8(6-9(2,3)4)12(7-10-11)13(14)15/h7-8H,5-6H2,1-4H3. The molecule has 0 radical (unpaired) electrons. The summed E-state index contributed by atoms with van der Waals surface area (Å²) < 4.78 is 0. The predicted molar refractivity (Wildman–Crippen MR) is 57.6 cm³/mol. The molecule has 0 aliphatic carbocycles. The molecule has 1 heterocycles. The molecule has 0 aromatic heterocycles. The summed E-state index contributed by atoms with van der Waals surface area (Å²) >= 11 is 0. The van der Waals surface area contributed by atoms with Crippen LogP contribution in [0.15, 0.2) is 5.10 Å². The molecule has 0 aromatic carbocycles. The van der Waals surface area contributed by atoms with Crippen LogP contribution in [0.2, 0.25) is 0 Å². The van der Waals surface area contributed by atoms with E-state index in [-0.39, 0.29) is 11.6 Å². The van der Waals surface area contributed by atoms with E-state index < -0.39 is 5.03 Å². The van der Waals surface area contributed by atoms with E-state index in [1.54, 1.807) is 5.01 Å². The lowest BCUT2D eigenvalue weighted by Crippen LogP contribution is -2.44. The Morgan fingerprint density at radius 3 is 2.53 bits per heavy atom. The number of nitrogens with zero attached hydrogens (tertiary/aromatic N) is 4. The molecule has 0 N–H and O–H groups in total. The molecule has 15 heavy (non-hydrogen) atoms. The molecule has 1 atom stereocenters. The molecule has 6 nitrogen and oxygen atoms in total. The lowest BCUT2D eigenvalue weighted by molar-refractivity contribution is -0.638. The van der Waals surface area contributed by atoms with Crippen molar-refractivity contribution in [1.29, 1.82) is 0 Å². The van der Waals surface area contributed by atoms with Crippen LogP contribution in [-0.2, 0) is 0 Å². The Bertz CT molecular complexity index is 272. The van der Waals surface area contributed by atoms with Gasteiger partial charge in [-0.2, -0.15) is 5.10 Å². The van der Waals surface area contributed by atoms with Gasteiger partial charge in [-0.25, -0.2) is 10.1 Å². The van der Waals surface area contributed by atoms with Crippen molar-refractivity contribution in [2.75, 3.05) is 6.54 Å². The van der Waals surface area contributed by atoms with E-state index in [1.165, 1.54) is 6.34 Å². The van der Waals surface area contributed by atoms with Crippen molar-refractivity contribution in [2.24, 2.45) is 10.5 Å². The highest BCUT2D eigenvalue weighted by atomic mass is 16.7. The first kappa shape index (κ1) is 11.7.